The summed E-state index contributed by atoms with van der Waals surface area (Å²) in [6.45, 7) is 3.68. The second kappa shape index (κ2) is 5.17. The fraction of sp³-hybridized carbons (Fsp3) is 0.200. The van der Waals surface area contributed by atoms with Crippen molar-refractivity contribution < 1.29 is 0 Å². The van der Waals surface area contributed by atoms with Crippen LogP contribution in [0.2, 0.25) is 6.04 Å². The molecule has 0 unspecified atom stereocenters. The van der Waals surface area contributed by atoms with E-state index in [0.717, 1.165) is 12.1 Å². The summed E-state index contributed by atoms with van der Waals surface area (Å²) in [7, 11) is -0.739. The molecule has 1 aromatic carbocycles. The predicted octanol–water partition coefficient (Wildman–Crippen LogP) is 3.18. The van der Waals surface area contributed by atoms with Crippen LogP contribution in [0.25, 0.3) is 0 Å². The zero-order chi connectivity index (χ0) is 8.81. The number of hydrogen-bond acceptors (Lipinski definition) is 0. The first-order valence-electron chi connectivity index (χ1n) is 3.98. The Morgan fingerprint density at radius 1 is 1.33 bits per heavy atom. The van der Waals surface area contributed by atoms with Crippen LogP contribution in [0.3, 0.4) is 0 Å². The lowest BCUT2D eigenvalue weighted by Crippen LogP contribution is -2.06. The van der Waals surface area contributed by atoms with Gasteiger partial charge in [0.25, 0.3) is 0 Å². The fourth-order valence-corrected chi connectivity index (χ4v) is 2.97. The van der Waals surface area contributed by atoms with Crippen LogP contribution in [0, 0.1) is 0 Å². The van der Waals surface area contributed by atoms with E-state index < -0.39 is 8.11 Å². The molecule has 0 aliphatic heterocycles. The molecule has 0 amide bonds. The van der Waals surface area contributed by atoms with E-state index in [1.807, 2.05) is 12.1 Å². The van der Waals surface area contributed by atoms with Gasteiger partial charge in [-0.05, 0) is 17.7 Å². The standard InChI is InChI=1S/C10H12ClSi/c1-2-8-12(11)9-10-6-4-3-5-7-10/h2-7H,1,8-9H2. The van der Waals surface area contributed by atoms with E-state index in [0.29, 0.717) is 0 Å². The average molecular weight is 196 g/mol. The van der Waals surface area contributed by atoms with Crippen molar-refractivity contribution in [1.29, 1.82) is 0 Å². The van der Waals surface area contributed by atoms with Crippen molar-refractivity contribution in [2.75, 3.05) is 0 Å². The maximum atomic E-state index is 6.15. The fourth-order valence-electron chi connectivity index (χ4n) is 1.05. The van der Waals surface area contributed by atoms with Crippen molar-refractivity contribution in [2.24, 2.45) is 0 Å². The monoisotopic (exact) mass is 195 g/mol. The van der Waals surface area contributed by atoms with E-state index in [4.69, 9.17) is 11.1 Å². The minimum atomic E-state index is -0.739. The predicted molar refractivity (Wildman–Crippen MR) is 56.8 cm³/mol. The molecule has 12 heavy (non-hydrogen) atoms. The van der Waals surface area contributed by atoms with Crippen LogP contribution in [-0.4, -0.2) is 8.11 Å². The summed E-state index contributed by atoms with van der Waals surface area (Å²) >= 11 is 6.15. The minimum absolute atomic E-state index is 0.739. The highest BCUT2D eigenvalue weighted by atomic mass is 35.6. The topological polar surface area (TPSA) is 0 Å². The van der Waals surface area contributed by atoms with E-state index in [1.165, 1.54) is 5.56 Å². The molecule has 0 nitrogen and oxygen atoms in total. The zero-order valence-electron chi connectivity index (χ0n) is 6.96. The second-order valence-electron chi connectivity index (χ2n) is 2.67. The van der Waals surface area contributed by atoms with Crippen LogP contribution in [0.5, 0.6) is 0 Å². The lowest BCUT2D eigenvalue weighted by Gasteiger charge is -2.02. The molecule has 0 saturated carbocycles. The van der Waals surface area contributed by atoms with E-state index in [9.17, 15) is 0 Å². The van der Waals surface area contributed by atoms with Crippen molar-refractivity contribution in [2.45, 2.75) is 12.1 Å². The molecule has 0 bridgehead atoms. The van der Waals surface area contributed by atoms with Crippen LogP contribution in [0.1, 0.15) is 5.56 Å². The molecule has 0 spiro atoms. The van der Waals surface area contributed by atoms with Crippen molar-refractivity contribution in [3.05, 3.63) is 48.6 Å². The molecule has 1 rings (SSSR count). The molecule has 1 radical (unpaired) electrons. The summed E-state index contributed by atoms with van der Waals surface area (Å²) in [5.41, 5.74) is 1.34. The molecule has 63 valence electrons. The van der Waals surface area contributed by atoms with Gasteiger partial charge in [0.2, 0.25) is 0 Å². The number of benzene rings is 1. The molecule has 0 aliphatic rings. The first-order valence-corrected chi connectivity index (χ1v) is 6.90. The quantitative estimate of drug-likeness (QED) is 0.393. The molecular formula is C10H12ClSi. The molecular weight excluding hydrogens is 184 g/mol. The molecule has 0 fully saturated rings. The van der Waals surface area contributed by atoms with Crippen LogP contribution in [0.15, 0.2) is 43.0 Å². The number of rotatable bonds is 4. The number of hydrogen-bond donors (Lipinski definition) is 0. The summed E-state index contributed by atoms with van der Waals surface area (Å²) in [4.78, 5) is 0. The third kappa shape index (κ3) is 3.24. The Labute approximate surface area is 80.2 Å². The highest BCUT2D eigenvalue weighted by Crippen LogP contribution is 2.08. The van der Waals surface area contributed by atoms with Gasteiger partial charge in [-0.3, -0.25) is 0 Å². The molecule has 0 aliphatic carbocycles. The highest BCUT2D eigenvalue weighted by Gasteiger charge is 2.05. The SMILES string of the molecule is C=CC[Si](Cl)Cc1ccccc1. The van der Waals surface area contributed by atoms with Crippen LogP contribution in [0.4, 0.5) is 0 Å². The molecule has 0 saturated heterocycles. The van der Waals surface area contributed by atoms with Gasteiger partial charge < -0.3 is 0 Å². The first-order chi connectivity index (χ1) is 5.83. The van der Waals surface area contributed by atoms with E-state index in [2.05, 4.69) is 30.8 Å². The van der Waals surface area contributed by atoms with Gasteiger partial charge in [0.05, 0.1) is 0 Å². The maximum absolute atomic E-state index is 6.15. The smallest absolute Gasteiger partial charge is 0.168 e. The Kier molecular flexibility index (Phi) is 4.12. The largest absolute Gasteiger partial charge is 0.173 e. The molecule has 1 aromatic rings. The van der Waals surface area contributed by atoms with Gasteiger partial charge in [0, 0.05) is 0 Å². The molecule has 2 heteroatoms. The molecule has 0 N–H and O–H groups in total. The van der Waals surface area contributed by atoms with Gasteiger partial charge in [-0.2, -0.15) is 11.1 Å². The van der Waals surface area contributed by atoms with Crippen LogP contribution < -0.4 is 0 Å². The number of allylic oxidation sites excluding steroid dienone is 1. The van der Waals surface area contributed by atoms with E-state index in [1.54, 1.807) is 0 Å². The Hall–Kier alpha value is -0.533. The third-order valence-corrected chi connectivity index (χ3v) is 3.99. The maximum Gasteiger partial charge on any atom is 0.173 e. The summed E-state index contributed by atoms with van der Waals surface area (Å²) < 4.78 is 0. The van der Waals surface area contributed by atoms with Gasteiger partial charge >= 0.3 is 0 Å². The average Bonchev–Trinajstić information content (AvgIpc) is 2.06. The van der Waals surface area contributed by atoms with Gasteiger partial charge in [0.1, 0.15) is 0 Å². The summed E-state index contributed by atoms with van der Waals surface area (Å²) in [6.07, 6.45) is 1.91. The van der Waals surface area contributed by atoms with E-state index >= 15 is 0 Å². The summed E-state index contributed by atoms with van der Waals surface area (Å²) in [5.74, 6) is 0. The summed E-state index contributed by atoms with van der Waals surface area (Å²) in [5, 5.41) is 0. The van der Waals surface area contributed by atoms with E-state index in [-0.39, 0.29) is 0 Å². The molecule has 0 heterocycles. The Balaban J connectivity index is 2.46. The van der Waals surface area contributed by atoms with Gasteiger partial charge in [-0.25, -0.2) is 0 Å². The number of halogens is 1. The van der Waals surface area contributed by atoms with Crippen LogP contribution in [-0.2, 0) is 6.04 Å². The molecule has 0 atom stereocenters. The Bertz CT molecular complexity index is 233. The Morgan fingerprint density at radius 2 is 2.00 bits per heavy atom. The molecule has 0 aromatic heterocycles. The van der Waals surface area contributed by atoms with Crippen molar-refractivity contribution in [3.8, 4) is 0 Å². The van der Waals surface area contributed by atoms with Crippen LogP contribution >= 0.6 is 11.1 Å². The van der Waals surface area contributed by atoms with Gasteiger partial charge in [0.15, 0.2) is 8.11 Å². The zero-order valence-corrected chi connectivity index (χ0v) is 8.72. The Morgan fingerprint density at radius 3 is 2.58 bits per heavy atom. The van der Waals surface area contributed by atoms with Crippen molar-refractivity contribution in [3.63, 3.8) is 0 Å². The normalized spacial score (nSPS) is 10.2. The van der Waals surface area contributed by atoms with Crippen molar-refractivity contribution >= 4 is 19.2 Å². The first kappa shape index (κ1) is 9.55. The summed E-state index contributed by atoms with van der Waals surface area (Å²) in [6, 6.07) is 12.4. The highest BCUT2D eigenvalue weighted by molar-refractivity contribution is 7.06. The lowest BCUT2D eigenvalue weighted by molar-refractivity contribution is 1.36. The third-order valence-electron chi connectivity index (χ3n) is 1.60. The second-order valence-corrected chi connectivity index (χ2v) is 6.07. The minimum Gasteiger partial charge on any atom is -0.168 e. The van der Waals surface area contributed by atoms with Gasteiger partial charge in [-0.15, -0.1) is 6.58 Å². The van der Waals surface area contributed by atoms with Crippen molar-refractivity contribution in [1.82, 2.24) is 0 Å². The lowest BCUT2D eigenvalue weighted by atomic mass is 10.2. The van der Waals surface area contributed by atoms with Gasteiger partial charge in [-0.1, -0.05) is 36.4 Å².